The van der Waals surface area contributed by atoms with Gasteiger partial charge in [-0.1, -0.05) is 30.3 Å². The predicted molar refractivity (Wildman–Crippen MR) is 100 cm³/mol. The molecule has 0 fully saturated rings. The number of nitrogens with two attached hydrogens (primary N) is 1. The Balaban J connectivity index is 1.88. The van der Waals surface area contributed by atoms with E-state index in [9.17, 15) is 9.59 Å². The van der Waals surface area contributed by atoms with Crippen LogP contribution in [-0.2, 0) is 16.0 Å². The molecule has 0 saturated carbocycles. The highest BCUT2D eigenvalue weighted by atomic mass is 32.1. The largest absolute Gasteiger partial charge is 0.462 e. The minimum atomic E-state index is -0.382. The van der Waals surface area contributed by atoms with Gasteiger partial charge in [-0.05, 0) is 31.9 Å². The van der Waals surface area contributed by atoms with Crippen molar-refractivity contribution in [1.82, 2.24) is 0 Å². The second kappa shape index (κ2) is 9.34. The summed E-state index contributed by atoms with van der Waals surface area (Å²) in [5.74, 6) is -0.493. The maximum atomic E-state index is 12.2. The Hall–Kier alpha value is -2.18. The lowest BCUT2D eigenvalue weighted by molar-refractivity contribution is -0.643. The Morgan fingerprint density at radius 3 is 2.60 bits per heavy atom. The molecule has 25 heavy (non-hydrogen) atoms. The van der Waals surface area contributed by atoms with Gasteiger partial charge in [-0.2, -0.15) is 0 Å². The van der Waals surface area contributed by atoms with Gasteiger partial charge in [-0.15, -0.1) is 11.3 Å². The zero-order valence-electron chi connectivity index (χ0n) is 14.9. The highest BCUT2D eigenvalue weighted by Crippen LogP contribution is 2.32. The molecule has 0 unspecified atom stereocenters. The monoisotopic (exact) mass is 361 g/mol. The third-order valence-corrected chi connectivity index (χ3v) is 5.05. The number of nitrogens with one attached hydrogen (secondary N) is 1. The van der Waals surface area contributed by atoms with Crippen LogP contribution in [0.4, 0.5) is 5.00 Å². The first-order valence-electron chi connectivity index (χ1n) is 8.45. The Bertz CT molecular complexity index is 726. The molecule has 0 aliphatic carbocycles. The van der Waals surface area contributed by atoms with Gasteiger partial charge < -0.3 is 15.4 Å². The fourth-order valence-electron chi connectivity index (χ4n) is 2.49. The quantitative estimate of drug-likeness (QED) is 0.560. The number of benzene rings is 1. The van der Waals surface area contributed by atoms with Gasteiger partial charge in [-0.3, -0.25) is 4.79 Å². The van der Waals surface area contributed by atoms with Crippen LogP contribution in [0, 0.1) is 13.8 Å². The van der Waals surface area contributed by atoms with Crippen LogP contribution in [0.3, 0.4) is 0 Å². The maximum absolute atomic E-state index is 12.2. The maximum Gasteiger partial charge on any atom is 0.341 e. The van der Waals surface area contributed by atoms with E-state index in [1.165, 1.54) is 16.9 Å². The Morgan fingerprint density at radius 2 is 1.92 bits per heavy atom. The highest BCUT2D eigenvalue weighted by molar-refractivity contribution is 7.16. The molecule has 6 heteroatoms. The summed E-state index contributed by atoms with van der Waals surface area (Å²) in [6, 6.07) is 10.2. The van der Waals surface area contributed by atoms with E-state index in [-0.39, 0.29) is 11.9 Å². The Kier molecular flexibility index (Phi) is 7.16. The summed E-state index contributed by atoms with van der Waals surface area (Å²) < 4.78 is 5.10. The fourth-order valence-corrected chi connectivity index (χ4v) is 3.55. The van der Waals surface area contributed by atoms with Crippen molar-refractivity contribution in [2.75, 3.05) is 25.0 Å². The lowest BCUT2D eigenvalue weighted by Crippen LogP contribution is -2.86. The smallest absolute Gasteiger partial charge is 0.341 e. The lowest BCUT2D eigenvalue weighted by Gasteiger charge is -2.07. The van der Waals surface area contributed by atoms with Crippen LogP contribution < -0.4 is 10.6 Å². The van der Waals surface area contributed by atoms with E-state index in [1.807, 2.05) is 37.4 Å². The summed E-state index contributed by atoms with van der Waals surface area (Å²) in [4.78, 5) is 25.3. The molecular weight excluding hydrogens is 336 g/mol. The molecule has 0 radical (unpaired) electrons. The molecule has 0 aliphatic heterocycles. The number of esters is 1. The molecule has 1 amide bonds. The second-order valence-electron chi connectivity index (χ2n) is 5.77. The summed E-state index contributed by atoms with van der Waals surface area (Å²) in [6.45, 7) is 7.06. The molecule has 134 valence electrons. The van der Waals surface area contributed by atoms with Crippen LogP contribution >= 0.6 is 11.3 Å². The van der Waals surface area contributed by atoms with Gasteiger partial charge in [0.15, 0.2) is 6.54 Å². The highest BCUT2D eigenvalue weighted by Gasteiger charge is 2.22. The zero-order valence-corrected chi connectivity index (χ0v) is 15.7. The van der Waals surface area contributed by atoms with E-state index in [4.69, 9.17) is 4.74 Å². The van der Waals surface area contributed by atoms with Crippen molar-refractivity contribution in [1.29, 1.82) is 0 Å². The van der Waals surface area contributed by atoms with Crippen LogP contribution in [0.15, 0.2) is 30.3 Å². The van der Waals surface area contributed by atoms with Crippen molar-refractivity contribution in [2.24, 2.45) is 0 Å². The molecule has 0 aliphatic rings. The van der Waals surface area contributed by atoms with Gasteiger partial charge in [-0.25, -0.2) is 4.79 Å². The van der Waals surface area contributed by atoms with Gasteiger partial charge in [0.25, 0.3) is 5.91 Å². The van der Waals surface area contributed by atoms with Gasteiger partial charge >= 0.3 is 5.97 Å². The van der Waals surface area contributed by atoms with Gasteiger partial charge in [0.2, 0.25) is 0 Å². The summed E-state index contributed by atoms with van der Waals surface area (Å²) in [7, 11) is 0. The molecule has 0 spiro atoms. The number of anilines is 1. The van der Waals surface area contributed by atoms with Crippen LogP contribution in [0.1, 0.15) is 33.3 Å². The molecule has 1 heterocycles. The van der Waals surface area contributed by atoms with Gasteiger partial charge in [0, 0.05) is 11.3 Å². The number of hydrogen-bond acceptors (Lipinski definition) is 4. The van der Waals surface area contributed by atoms with Crippen LogP contribution in [0.5, 0.6) is 0 Å². The van der Waals surface area contributed by atoms with Crippen molar-refractivity contribution in [3.05, 3.63) is 51.9 Å². The van der Waals surface area contributed by atoms with E-state index >= 15 is 0 Å². The number of hydrogen-bond donors (Lipinski definition) is 2. The molecule has 0 bridgehead atoms. The molecular formula is C19H25N2O3S+. The van der Waals surface area contributed by atoms with E-state index in [0.717, 1.165) is 23.4 Å². The molecule has 2 rings (SSSR count). The summed E-state index contributed by atoms with van der Waals surface area (Å²) in [5.41, 5.74) is 2.60. The number of quaternary nitrogens is 1. The predicted octanol–water partition coefficient (Wildman–Crippen LogP) is 2.29. The van der Waals surface area contributed by atoms with E-state index in [0.29, 0.717) is 23.7 Å². The molecule has 2 aromatic rings. The zero-order chi connectivity index (χ0) is 18.2. The first kappa shape index (κ1) is 19.1. The van der Waals surface area contributed by atoms with Crippen molar-refractivity contribution >= 4 is 28.2 Å². The van der Waals surface area contributed by atoms with Crippen molar-refractivity contribution in [3.63, 3.8) is 0 Å². The number of amides is 1. The van der Waals surface area contributed by atoms with Crippen LogP contribution in [0.25, 0.3) is 0 Å². The first-order chi connectivity index (χ1) is 12.0. The summed E-state index contributed by atoms with van der Waals surface area (Å²) >= 11 is 1.41. The molecule has 0 atom stereocenters. The minimum Gasteiger partial charge on any atom is -0.462 e. The normalized spacial score (nSPS) is 10.5. The number of ether oxygens (including phenoxy) is 1. The van der Waals surface area contributed by atoms with E-state index < -0.39 is 0 Å². The van der Waals surface area contributed by atoms with E-state index in [1.54, 1.807) is 6.92 Å². The Morgan fingerprint density at radius 1 is 1.20 bits per heavy atom. The van der Waals surface area contributed by atoms with Crippen LogP contribution in [-0.4, -0.2) is 31.6 Å². The molecule has 3 N–H and O–H groups in total. The molecule has 1 aromatic heterocycles. The van der Waals surface area contributed by atoms with Crippen molar-refractivity contribution < 1.29 is 19.6 Å². The van der Waals surface area contributed by atoms with Crippen LogP contribution in [0.2, 0.25) is 0 Å². The number of carbonyl (C=O) groups excluding carboxylic acids is 2. The first-order valence-corrected chi connectivity index (χ1v) is 9.27. The summed E-state index contributed by atoms with van der Waals surface area (Å²) in [6.07, 6.45) is 0.916. The van der Waals surface area contributed by atoms with Crippen molar-refractivity contribution in [3.8, 4) is 0 Å². The van der Waals surface area contributed by atoms with Crippen molar-refractivity contribution in [2.45, 2.75) is 27.2 Å². The second-order valence-corrected chi connectivity index (χ2v) is 7.00. The lowest BCUT2D eigenvalue weighted by atomic mass is 10.1. The summed E-state index contributed by atoms with van der Waals surface area (Å²) in [5, 5.41) is 5.41. The molecule has 5 nitrogen and oxygen atoms in total. The topological polar surface area (TPSA) is 72.0 Å². The fraction of sp³-hybridized carbons (Fsp3) is 0.368. The Labute approximate surface area is 152 Å². The third kappa shape index (κ3) is 5.41. The van der Waals surface area contributed by atoms with Gasteiger partial charge in [0.05, 0.1) is 18.7 Å². The SMILES string of the molecule is CCOC(=O)c1c(NC(=O)C[NH2+]CCc2ccccc2)sc(C)c1C. The average Bonchev–Trinajstić information content (AvgIpc) is 2.87. The number of rotatable bonds is 8. The molecule has 0 saturated heterocycles. The number of carbonyl (C=O) groups is 2. The molecule has 1 aromatic carbocycles. The number of aryl methyl sites for hydroxylation is 1. The van der Waals surface area contributed by atoms with E-state index in [2.05, 4.69) is 17.4 Å². The standard InChI is InChI=1S/C19H24N2O3S/c1-4-24-19(23)17-13(2)14(3)25-18(17)21-16(22)12-20-11-10-15-8-6-5-7-9-15/h5-9,20H,4,10-12H2,1-3H3,(H,21,22)/p+1. The average molecular weight is 361 g/mol. The third-order valence-electron chi connectivity index (χ3n) is 3.93. The minimum absolute atomic E-state index is 0.111. The number of thiophene rings is 1. The van der Waals surface area contributed by atoms with Gasteiger partial charge in [0.1, 0.15) is 5.00 Å².